The molecule has 98 valence electrons. The van der Waals surface area contributed by atoms with Gasteiger partial charge in [-0.05, 0) is 38.4 Å². The van der Waals surface area contributed by atoms with Crippen molar-refractivity contribution in [3.63, 3.8) is 0 Å². The Bertz CT molecular complexity index is 441. The molecule has 0 radical (unpaired) electrons. The largest absolute Gasteiger partial charge is 0.349 e. The molecule has 1 saturated heterocycles. The zero-order chi connectivity index (χ0) is 13.2. The Labute approximate surface area is 113 Å². The van der Waals surface area contributed by atoms with Gasteiger partial charge in [-0.3, -0.25) is 4.79 Å². The van der Waals surface area contributed by atoms with Crippen molar-refractivity contribution in [2.75, 3.05) is 13.1 Å². The smallest absolute Gasteiger partial charge is 0.227 e. The SMILES string of the molecule is C[C@H](NC(=O)C1(C)CCNC1)c1ccccc1Cl. The first-order valence-electron chi connectivity index (χ1n) is 6.29. The van der Waals surface area contributed by atoms with E-state index < -0.39 is 0 Å². The number of hydrogen-bond acceptors (Lipinski definition) is 2. The van der Waals surface area contributed by atoms with Crippen LogP contribution in [0.25, 0.3) is 0 Å². The molecule has 4 heteroatoms. The molecule has 3 nitrogen and oxygen atoms in total. The van der Waals surface area contributed by atoms with Crippen molar-refractivity contribution in [2.24, 2.45) is 5.41 Å². The first kappa shape index (κ1) is 13.4. The van der Waals surface area contributed by atoms with Gasteiger partial charge in [-0.1, -0.05) is 29.8 Å². The Morgan fingerprint density at radius 2 is 2.22 bits per heavy atom. The van der Waals surface area contributed by atoms with Crippen LogP contribution in [0.2, 0.25) is 5.02 Å². The molecule has 2 N–H and O–H groups in total. The summed E-state index contributed by atoms with van der Waals surface area (Å²) in [4.78, 5) is 12.3. The van der Waals surface area contributed by atoms with Crippen LogP contribution in [0, 0.1) is 5.41 Å². The fourth-order valence-corrected chi connectivity index (χ4v) is 2.59. The van der Waals surface area contributed by atoms with Crippen molar-refractivity contribution in [1.82, 2.24) is 10.6 Å². The summed E-state index contributed by atoms with van der Waals surface area (Å²) in [5.74, 6) is 0.0971. The molecule has 1 aliphatic heterocycles. The minimum Gasteiger partial charge on any atom is -0.349 e. The summed E-state index contributed by atoms with van der Waals surface area (Å²) in [6.07, 6.45) is 0.883. The Hall–Kier alpha value is -1.06. The van der Waals surface area contributed by atoms with Crippen molar-refractivity contribution in [3.05, 3.63) is 34.9 Å². The third-order valence-corrected chi connectivity index (χ3v) is 3.98. The fraction of sp³-hybridized carbons (Fsp3) is 0.500. The van der Waals surface area contributed by atoms with E-state index >= 15 is 0 Å². The average molecular weight is 267 g/mol. The lowest BCUT2D eigenvalue weighted by Gasteiger charge is -2.25. The van der Waals surface area contributed by atoms with Gasteiger partial charge in [0.05, 0.1) is 11.5 Å². The number of benzene rings is 1. The van der Waals surface area contributed by atoms with Crippen LogP contribution in [-0.2, 0) is 4.79 Å². The Kier molecular flexibility index (Phi) is 3.93. The predicted molar refractivity (Wildman–Crippen MR) is 73.6 cm³/mol. The number of carbonyl (C=O) groups is 1. The molecule has 1 aromatic rings. The van der Waals surface area contributed by atoms with Crippen LogP contribution in [0.1, 0.15) is 31.9 Å². The molecule has 1 unspecified atom stereocenters. The summed E-state index contributed by atoms with van der Waals surface area (Å²) in [7, 11) is 0. The molecule has 0 saturated carbocycles. The second kappa shape index (κ2) is 5.29. The Morgan fingerprint density at radius 3 is 2.83 bits per heavy atom. The van der Waals surface area contributed by atoms with Crippen LogP contribution in [0.3, 0.4) is 0 Å². The van der Waals surface area contributed by atoms with E-state index in [4.69, 9.17) is 11.6 Å². The Balaban J connectivity index is 2.06. The van der Waals surface area contributed by atoms with E-state index in [2.05, 4.69) is 10.6 Å². The molecule has 0 spiro atoms. The molecular weight excluding hydrogens is 248 g/mol. The standard InChI is InChI=1S/C14H19ClN2O/c1-10(11-5-3-4-6-12(11)15)17-13(18)14(2)7-8-16-9-14/h3-6,10,16H,7-9H2,1-2H3,(H,17,18)/t10-,14?/m0/s1. The molecule has 1 aliphatic rings. The van der Waals surface area contributed by atoms with Crippen molar-refractivity contribution < 1.29 is 4.79 Å². The van der Waals surface area contributed by atoms with Gasteiger partial charge >= 0.3 is 0 Å². The quantitative estimate of drug-likeness (QED) is 0.883. The summed E-state index contributed by atoms with van der Waals surface area (Å²) in [5, 5.41) is 6.98. The second-order valence-corrected chi connectivity index (χ2v) is 5.61. The lowest BCUT2D eigenvalue weighted by atomic mass is 9.88. The highest BCUT2D eigenvalue weighted by Crippen LogP contribution is 2.27. The Morgan fingerprint density at radius 1 is 1.50 bits per heavy atom. The van der Waals surface area contributed by atoms with Gasteiger partial charge in [0.15, 0.2) is 0 Å². The molecule has 18 heavy (non-hydrogen) atoms. The average Bonchev–Trinajstić information content (AvgIpc) is 2.78. The van der Waals surface area contributed by atoms with E-state index in [1.807, 2.05) is 38.1 Å². The maximum Gasteiger partial charge on any atom is 0.227 e. The molecule has 0 aliphatic carbocycles. The van der Waals surface area contributed by atoms with Crippen LogP contribution in [0.4, 0.5) is 0 Å². The molecule has 1 aromatic carbocycles. The first-order chi connectivity index (χ1) is 8.53. The minimum absolute atomic E-state index is 0.0661. The summed E-state index contributed by atoms with van der Waals surface area (Å²) >= 11 is 6.13. The van der Waals surface area contributed by atoms with Crippen LogP contribution >= 0.6 is 11.6 Å². The van der Waals surface area contributed by atoms with Gasteiger partial charge in [0.25, 0.3) is 0 Å². The van der Waals surface area contributed by atoms with Crippen molar-refractivity contribution in [3.8, 4) is 0 Å². The lowest BCUT2D eigenvalue weighted by Crippen LogP contribution is -2.41. The maximum absolute atomic E-state index is 12.3. The highest BCUT2D eigenvalue weighted by molar-refractivity contribution is 6.31. The highest BCUT2D eigenvalue weighted by atomic mass is 35.5. The summed E-state index contributed by atoms with van der Waals surface area (Å²) in [5.41, 5.74) is 0.664. The maximum atomic E-state index is 12.3. The minimum atomic E-state index is -0.296. The summed E-state index contributed by atoms with van der Waals surface area (Å²) in [6.45, 7) is 5.62. The molecule has 1 heterocycles. The highest BCUT2D eigenvalue weighted by Gasteiger charge is 2.36. The van der Waals surface area contributed by atoms with Gasteiger partial charge in [0.2, 0.25) is 5.91 Å². The van der Waals surface area contributed by atoms with Crippen molar-refractivity contribution in [1.29, 1.82) is 0 Å². The number of nitrogens with one attached hydrogen (secondary N) is 2. The van der Waals surface area contributed by atoms with E-state index in [-0.39, 0.29) is 17.4 Å². The monoisotopic (exact) mass is 266 g/mol. The second-order valence-electron chi connectivity index (χ2n) is 5.20. The molecule has 1 fully saturated rings. The van der Waals surface area contributed by atoms with Crippen molar-refractivity contribution >= 4 is 17.5 Å². The van der Waals surface area contributed by atoms with E-state index in [0.717, 1.165) is 25.1 Å². The first-order valence-corrected chi connectivity index (χ1v) is 6.67. The van der Waals surface area contributed by atoms with Crippen LogP contribution in [-0.4, -0.2) is 19.0 Å². The predicted octanol–water partition coefficient (Wildman–Crippen LogP) is 2.52. The van der Waals surface area contributed by atoms with E-state index in [0.29, 0.717) is 5.02 Å². The van der Waals surface area contributed by atoms with Gasteiger partial charge in [0, 0.05) is 11.6 Å². The zero-order valence-corrected chi connectivity index (χ0v) is 11.6. The van der Waals surface area contributed by atoms with Crippen molar-refractivity contribution in [2.45, 2.75) is 26.3 Å². The molecule has 2 atom stereocenters. The number of rotatable bonds is 3. The molecule has 2 rings (SSSR count). The number of carbonyl (C=O) groups excluding carboxylic acids is 1. The third kappa shape index (κ3) is 2.68. The number of hydrogen-bond donors (Lipinski definition) is 2. The third-order valence-electron chi connectivity index (χ3n) is 3.64. The van der Waals surface area contributed by atoms with Crippen LogP contribution in [0.5, 0.6) is 0 Å². The van der Waals surface area contributed by atoms with E-state index in [1.54, 1.807) is 0 Å². The van der Waals surface area contributed by atoms with E-state index in [9.17, 15) is 4.79 Å². The summed E-state index contributed by atoms with van der Waals surface area (Å²) < 4.78 is 0. The summed E-state index contributed by atoms with van der Waals surface area (Å²) in [6, 6.07) is 7.55. The van der Waals surface area contributed by atoms with Gasteiger partial charge in [-0.25, -0.2) is 0 Å². The van der Waals surface area contributed by atoms with Crippen LogP contribution in [0.15, 0.2) is 24.3 Å². The topological polar surface area (TPSA) is 41.1 Å². The van der Waals surface area contributed by atoms with Crippen LogP contribution < -0.4 is 10.6 Å². The van der Waals surface area contributed by atoms with Gasteiger partial charge in [-0.15, -0.1) is 0 Å². The number of amides is 1. The molecule has 0 aromatic heterocycles. The van der Waals surface area contributed by atoms with Gasteiger partial charge in [0.1, 0.15) is 0 Å². The van der Waals surface area contributed by atoms with Gasteiger partial charge < -0.3 is 10.6 Å². The molecular formula is C14H19ClN2O. The normalized spacial score (nSPS) is 24.8. The molecule has 1 amide bonds. The fourth-order valence-electron chi connectivity index (χ4n) is 2.29. The number of halogens is 1. The molecule has 0 bridgehead atoms. The van der Waals surface area contributed by atoms with Gasteiger partial charge in [-0.2, -0.15) is 0 Å². The zero-order valence-electron chi connectivity index (χ0n) is 10.8. The lowest BCUT2D eigenvalue weighted by molar-refractivity contribution is -0.129. The van der Waals surface area contributed by atoms with E-state index in [1.165, 1.54) is 0 Å².